The van der Waals surface area contributed by atoms with E-state index in [0.29, 0.717) is 0 Å². The van der Waals surface area contributed by atoms with Gasteiger partial charge in [0.05, 0.1) is 12.7 Å². The second-order valence-corrected chi connectivity index (χ2v) is 3.17. The average molecular weight is 162 g/mol. The fraction of sp³-hybridized carbons (Fsp3) is 1.00. The first-order chi connectivity index (χ1) is 5.00. The summed E-state index contributed by atoms with van der Waals surface area (Å²) in [6.07, 6.45) is -2.09. The molecule has 1 aliphatic heterocycles. The number of hydrogen-bond donors (Lipinski definition) is 3. The van der Waals surface area contributed by atoms with E-state index in [1.54, 1.807) is 6.92 Å². The summed E-state index contributed by atoms with van der Waals surface area (Å²) in [6.45, 7) is 2.90. The van der Waals surface area contributed by atoms with Crippen LogP contribution in [0.3, 0.4) is 0 Å². The van der Waals surface area contributed by atoms with Crippen molar-refractivity contribution < 1.29 is 20.1 Å². The molecule has 1 saturated heterocycles. The van der Waals surface area contributed by atoms with Crippen LogP contribution in [0.5, 0.6) is 0 Å². The summed E-state index contributed by atoms with van der Waals surface area (Å²) < 4.78 is 5.09. The zero-order chi connectivity index (χ0) is 8.65. The Kier molecular flexibility index (Phi) is 2.20. The number of ether oxygens (including phenoxy) is 1. The smallest absolute Gasteiger partial charge is 0.116 e. The van der Waals surface area contributed by atoms with Crippen molar-refractivity contribution in [3.8, 4) is 0 Å². The Morgan fingerprint density at radius 1 is 1.55 bits per heavy atom. The zero-order valence-electron chi connectivity index (χ0n) is 6.69. The molecule has 0 unspecified atom stereocenters. The van der Waals surface area contributed by atoms with Crippen molar-refractivity contribution >= 4 is 0 Å². The summed E-state index contributed by atoms with van der Waals surface area (Å²) in [7, 11) is 0. The van der Waals surface area contributed by atoms with E-state index in [9.17, 15) is 10.2 Å². The van der Waals surface area contributed by atoms with E-state index < -0.39 is 23.9 Å². The molecule has 11 heavy (non-hydrogen) atoms. The van der Waals surface area contributed by atoms with Gasteiger partial charge < -0.3 is 20.1 Å². The molecular formula is C7H14O4. The average Bonchev–Trinajstić information content (AvgIpc) is 2.14. The number of aliphatic hydroxyl groups excluding tert-OH is 2. The van der Waals surface area contributed by atoms with E-state index in [0.717, 1.165) is 0 Å². The van der Waals surface area contributed by atoms with Crippen molar-refractivity contribution in [2.24, 2.45) is 0 Å². The van der Waals surface area contributed by atoms with Gasteiger partial charge in [-0.15, -0.1) is 0 Å². The lowest BCUT2D eigenvalue weighted by molar-refractivity contribution is -0.0572. The second-order valence-electron chi connectivity index (χ2n) is 3.17. The SMILES string of the molecule is C[C@@H]1O[C@H](CO)[C@@H](O)[C@]1(C)O. The predicted octanol–water partition coefficient (Wildman–Crippen LogP) is -1.12. The molecule has 0 aromatic carbocycles. The molecule has 1 aliphatic rings. The zero-order valence-corrected chi connectivity index (χ0v) is 6.69. The molecule has 66 valence electrons. The fourth-order valence-electron chi connectivity index (χ4n) is 1.23. The third-order valence-electron chi connectivity index (χ3n) is 2.33. The van der Waals surface area contributed by atoms with Crippen LogP contribution < -0.4 is 0 Å². The first-order valence-corrected chi connectivity index (χ1v) is 3.67. The molecule has 0 aromatic rings. The van der Waals surface area contributed by atoms with E-state index in [1.807, 2.05) is 0 Å². The van der Waals surface area contributed by atoms with Gasteiger partial charge in [-0.05, 0) is 13.8 Å². The summed E-state index contributed by atoms with van der Waals surface area (Å²) in [4.78, 5) is 0. The van der Waals surface area contributed by atoms with Crippen molar-refractivity contribution in [2.45, 2.75) is 37.8 Å². The molecule has 0 aromatic heterocycles. The largest absolute Gasteiger partial charge is 0.394 e. The van der Waals surface area contributed by atoms with E-state index >= 15 is 0 Å². The normalized spacial score (nSPS) is 51.5. The van der Waals surface area contributed by atoms with Gasteiger partial charge in [0, 0.05) is 0 Å². The van der Waals surface area contributed by atoms with Gasteiger partial charge in [0.25, 0.3) is 0 Å². The molecule has 0 amide bonds. The molecule has 0 saturated carbocycles. The van der Waals surface area contributed by atoms with Crippen molar-refractivity contribution in [1.29, 1.82) is 0 Å². The lowest BCUT2D eigenvalue weighted by Crippen LogP contribution is -2.44. The van der Waals surface area contributed by atoms with Gasteiger partial charge >= 0.3 is 0 Å². The summed E-state index contributed by atoms with van der Waals surface area (Å²) in [5.74, 6) is 0. The molecule has 0 bridgehead atoms. The van der Waals surface area contributed by atoms with Crippen LogP contribution in [-0.4, -0.2) is 45.8 Å². The van der Waals surface area contributed by atoms with Crippen LogP contribution in [0.2, 0.25) is 0 Å². The number of aliphatic hydroxyl groups is 3. The molecule has 1 heterocycles. The first kappa shape index (κ1) is 8.93. The predicted molar refractivity (Wildman–Crippen MR) is 38.1 cm³/mol. The molecule has 0 aliphatic carbocycles. The van der Waals surface area contributed by atoms with Gasteiger partial charge in [-0.2, -0.15) is 0 Å². The van der Waals surface area contributed by atoms with Crippen molar-refractivity contribution in [1.82, 2.24) is 0 Å². The minimum Gasteiger partial charge on any atom is -0.394 e. The minimum absolute atomic E-state index is 0.262. The highest BCUT2D eigenvalue weighted by atomic mass is 16.6. The first-order valence-electron chi connectivity index (χ1n) is 3.67. The molecule has 0 spiro atoms. The molecule has 3 N–H and O–H groups in total. The lowest BCUT2D eigenvalue weighted by atomic mass is 9.94. The van der Waals surface area contributed by atoms with E-state index in [1.165, 1.54) is 6.92 Å². The van der Waals surface area contributed by atoms with Crippen molar-refractivity contribution in [2.75, 3.05) is 6.61 Å². The van der Waals surface area contributed by atoms with Gasteiger partial charge in [0.2, 0.25) is 0 Å². The minimum atomic E-state index is -1.24. The quantitative estimate of drug-likeness (QED) is 0.456. The maximum absolute atomic E-state index is 9.55. The van der Waals surface area contributed by atoms with Gasteiger partial charge in [-0.1, -0.05) is 0 Å². The van der Waals surface area contributed by atoms with Crippen LogP contribution in [0.15, 0.2) is 0 Å². The Labute approximate surface area is 65.4 Å². The van der Waals surface area contributed by atoms with Crippen LogP contribution in [0.4, 0.5) is 0 Å². The van der Waals surface area contributed by atoms with Crippen LogP contribution in [0.25, 0.3) is 0 Å². The number of hydrogen-bond acceptors (Lipinski definition) is 4. The van der Waals surface area contributed by atoms with Crippen LogP contribution >= 0.6 is 0 Å². The van der Waals surface area contributed by atoms with Crippen molar-refractivity contribution in [3.05, 3.63) is 0 Å². The van der Waals surface area contributed by atoms with E-state index in [4.69, 9.17) is 9.84 Å². The van der Waals surface area contributed by atoms with Gasteiger partial charge in [0.15, 0.2) is 0 Å². The second kappa shape index (κ2) is 2.71. The van der Waals surface area contributed by atoms with Crippen LogP contribution in [0, 0.1) is 0 Å². The third kappa shape index (κ3) is 1.27. The molecule has 1 rings (SSSR count). The fourth-order valence-corrected chi connectivity index (χ4v) is 1.23. The molecule has 1 fully saturated rings. The maximum Gasteiger partial charge on any atom is 0.116 e. The van der Waals surface area contributed by atoms with Crippen LogP contribution in [-0.2, 0) is 4.74 Å². The molecule has 4 nitrogen and oxygen atoms in total. The summed E-state index contributed by atoms with van der Waals surface area (Å²) in [5, 5.41) is 27.6. The Hall–Kier alpha value is -0.160. The third-order valence-corrected chi connectivity index (χ3v) is 2.33. The Morgan fingerprint density at radius 2 is 2.09 bits per heavy atom. The van der Waals surface area contributed by atoms with Gasteiger partial charge in [-0.3, -0.25) is 0 Å². The highest BCUT2D eigenvalue weighted by Gasteiger charge is 2.49. The monoisotopic (exact) mass is 162 g/mol. The maximum atomic E-state index is 9.55. The molecule has 4 heteroatoms. The van der Waals surface area contributed by atoms with Gasteiger partial charge in [0.1, 0.15) is 17.8 Å². The highest BCUT2D eigenvalue weighted by molar-refractivity contribution is 4.98. The topological polar surface area (TPSA) is 69.9 Å². The lowest BCUT2D eigenvalue weighted by Gasteiger charge is -2.23. The van der Waals surface area contributed by atoms with E-state index in [-0.39, 0.29) is 6.61 Å². The highest BCUT2D eigenvalue weighted by Crippen LogP contribution is 2.29. The summed E-state index contributed by atoms with van der Waals surface area (Å²) in [6, 6.07) is 0. The van der Waals surface area contributed by atoms with Gasteiger partial charge in [-0.25, -0.2) is 0 Å². The Morgan fingerprint density at radius 3 is 2.27 bits per heavy atom. The molecule has 4 atom stereocenters. The molecular weight excluding hydrogens is 148 g/mol. The Balaban J connectivity index is 2.71. The van der Waals surface area contributed by atoms with E-state index in [2.05, 4.69) is 0 Å². The van der Waals surface area contributed by atoms with Crippen molar-refractivity contribution in [3.63, 3.8) is 0 Å². The molecule has 0 radical (unpaired) electrons. The Bertz CT molecular complexity index is 145. The summed E-state index contributed by atoms with van der Waals surface area (Å²) >= 11 is 0. The number of rotatable bonds is 1. The van der Waals surface area contributed by atoms with Crippen LogP contribution in [0.1, 0.15) is 13.8 Å². The standard InChI is InChI=1S/C7H14O4/c1-4-7(2,10)6(9)5(3-8)11-4/h4-6,8-10H,3H2,1-2H3/t4-,5+,6+,7+/m0/s1. The summed E-state index contributed by atoms with van der Waals surface area (Å²) in [5.41, 5.74) is -1.24.